The van der Waals surface area contributed by atoms with Crippen LogP contribution in [0.5, 0.6) is 0 Å². The molecule has 1 aliphatic heterocycles. The lowest BCUT2D eigenvalue weighted by atomic mass is 10.1. The molecule has 0 aliphatic carbocycles. The number of hydrogen-bond donors (Lipinski definition) is 2. The number of carbonyl (C=O) groups excluding carboxylic acids is 3. The van der Waals surface area contributed by atoms with Gasteiger partial charge in [0.25, 0.3) is 5.91 Å². The lowest BCUT2D eigenvalue weighted by Crippen LogP contribution is -2.39. The van der Waals surface area contributed by atoms with Crippen molar-refractivity contribution in [1.29, 1.82) is 0 Å². The van der Waals surface area contributed by atoms with Gasteiger partial charge in [0.1, 0.15) is 12.6 Å². The molecule has 0 radical (unpaired) electrons. The Kier molecular flexibility index (Phi) is 4.39. The fourth-order valence-corrected chi connectivity index (χ4v) is 2.06. The lowest BCUT2D eigenvalue weighted by molar-refractivity contribution is -0.131. The van der Waals surface area contributed by atoms with E-state index < -0.39 is 42.1 Å². The molecular weight excluding hydrogens is 296 g/mol. The molecule has 118 valence electrons. The molecule has 0 aromatic heterocycles. The van der Waals surface area contributed by atoms with Crippen LogP contribution in [0.4, 0.5) is 19.3 Å². The maximum Gasteiger partial charge on any atom is 0.325 e. The van der Waals surface area contributed by atoms with Crippen molar-refractivity contribution < 1.29 is 23.2 Å². The lowest BCUT2D eigenvalue weighted by Gasteiger charge is -2.14. The molecule has 1 saturated heterocycles. The summed E-state index contributed by atoms with van der Waals surface area (Å²) in [6, 6.07) is 1.55. The van der Waals surface area contributed by atoms with Crippen LogP contribution in [0.25, 0.3) is 0 Å². The Balaban J connectivity index is 2.01. The molecule has 1 atom stereocenters. The average Bonchev–Trinajstić information content (AvgIpc) is 2.71. The van der Waals surface area contributed by atoms with E-state index in [0.717, 1.165) is 17.0 Å². The van der Waals surface area contributed by atoms with Crippen LogP contribution in [0.15, 0.2) is 18.2 Å². The van der Waals surface area contributed by atoms with Crippen molar-refractivity contribution in [3.05, 3.63) is 29.8 Å². The molecule has 2 N–H and O–H groups in total. The van der Waals surface area contributed by atoms with E-state index in [1.165, 1.54) is 6.07 Å². The topological polar surface area (TPSA) is 78.5 Å². The van der Waals surface area contributed by atoms with E-state index in [9.17, 15) is 23.2 Å². The van der Waals surface area contributed by atoms with Crippen LogP contribution in [0.1, 0.15) is 13.8 Å². The minimum atomic E-state index is -1.10. The number of nitrogens with zero attached hydrogens (tertiary/aromatic N) is 1. The second-order valence-electron chi connectivity index (χ2n) is 5.27. The first kappa shape index (κ1) is 15.9. The maximum absolute atomic E-state index is 13.0. The van der Waals surface area contributed by atoms with Crippen LogP contribution in [-0.4, -0.2) is 35.3 Å². The molecule has 1 heterocycles. The summed E-state index contributed by atoms with van der Waals surface area (Å²) < 4.78 is 25.8. The third-order valence-corrected chi connectivity index (χ3v) is 3.23. The monoisotopic (exact) mass is 311 g/mol. The van der Waals surface area contributed by atoms with Gasteiger partial charge in [0.2, 0.25) is 5.91 Å². The van der Waals surface area contributed by atoms with E-state index in [-0.39, 0.29) is 11.6 Å². The Hall–Kier alpha value is -2.51. The van der Waals surface area contributed by atoms with E-state index in [4.69, 9.17) is 0 Å². The van der Waals surface area contributed by atoms with Crippen LogP contribution >= 0.6 is 0 Å². The zero-order valence-electron chi connectivity index (χ0n) is 12.0. The number of amides is 4. The SMILES string of the molecule is CC(C)[C@H]1NC(=O)N(CC(=O)Nc2ccc(F)c(F)c2)C1=O. The van der Waals surface area contributed by atoms with Gasteiger partial charge in [-0.1, -0.05) is 13.8 Å². The van der Waals surface area contributed by atoms with Gasteiger partial charge in [-0.2, -0.15) is 0 Å². The Morgan fingerprint density at radius 3 is 2.55 bits per heavy atom. The van der Waals surface area contributed by atoms with Crippen molar-refractivity contribution >= 4 is 23.5 Å². The summed E-state index contributed by atoms with van der Waals surface area (Å²) in [7, 11) is 0. The van der Waals surface area contributed by atoms with E-state index in [2.05, 4.69) is 10.6 Å². The van der Waals surface area contributed by atoms with Crippen molar-refractivity contribution in [3.8, 4) is 0 Å². The van der Waals surface area contributed by atoms with E-state index in [1.54, 1.807) is 13.8 Å². The summed E-state index contributed by atoms with van der Waals surface area (Å²) in [5, 5.41) is 4.79. The fraction of sp³-hybridized carbons (Fsp3) is 0.357. The molecule has 1 fully saturated rings. The molecule has 8 heteroatoms. The van der Waals surface area contributed by atoms with Crippen molar-refractivity contribution in [2.75, 3.05) is 11.9 Å². The van der Waals surface area contributed by atoms with Gasteiger partial charge in [-0.05, 0) is 18.1 Å². The summed E-state index contributed by atoms with van der Waals surface area (Å²) >= 11 is 0. The standard InChI is InChI=1S/C14H15F2N3O3/c1-7(2)12-13(21)19(14(22)18-12)6-11(20)17-8-3-4-9(15)10(16)5-8/h3-5,7,12H,6H2,1-2H3,(H,17,20)(H,18,22)/t12-/m1/s1. The molecule has 0 bridgehead atoms. The molecule has 6 nitrogen and oxygen atoms in total. The molecule has 22 heavy (non-hydrogen) atoms. The van der Waals surface area contributed by atoms with Crippen LogP contribution in [-0.2, 0) is 9.59 Å². The van der Waals surface area contributed by atoms with Crippen molar-refractivity contribution in [1.82, 2.24) is 10.2 Å². The molecule has 1 aliphatic rings. The second kappa shape index (κ2) is 6.08. The van der Waals surface area contributed by atoms with Gasteiger partial charge in [-0.3, -0.25) is 14.5 Å². The molecule has 4 amide bonds. The number of imide groups is 1. The van der Waals surface area contributed by atoms with Gasteiger partial charge in [-0.15, -0.1) is 0 Å². The zero-order chi connectivity index (χ0) is 16.4. The third kappa shape index (κ3) is 3.21. The Morgan fingerprint density at radius 1 is 1.32 bits per heavy atom. The number of carbonyl (C=O) groups is 3. The summed E-state index contributed by atoms with van der Waals surface area (Å²) in [5.41, 5.74) is 0.0383. The molecular formula is C14H15F2N3O3. The highest BCUT2D eigenvalue weighted by Crippen LogP contribution is 2.15. The van der Waals surface area contributed by atoms with Crippen LogP contribution < -0.4 is 10.6 Å². The normalized spacial score (nSPS) is 17.9. The number of hydrogen-bond acceptors (Lipinski definition) is 3. The van der Waals surface area contributed by atoms with Crippen LogP contribution in [0.2, 0.25) is 0 Å². The van der Waals surface area contributed by atoms with Gasteiger partial charge in [0, 0.05) is 11.8 Å². The first-order chi connectivity index (χ1) is 10.3. The maximum atomic E-state index is 13.0. The predicted octanol–water partition coefficient (Wildman–Crippen LogP) is 1.48. The van der Waals surface area contributed by atoms with Crippen molar-refractivity contribution in [2.45, 2.75) is 19.9 Å². The summed E-state index contributed by atoms with van der Waals surface area (Å²) in [4.78, 5) is 36.3. The zero-order valence-corrected chi connectivity index (χ0v) is 12.0. The Bertz CT molecular complexity index is 634. The number of urea groups is 1. The summed E-state index contributed by atoms with van der Waals surface area (Å²) in [6.07, 6.45) is 0. The Morgan fingerprint density at radius 2 is 2.00 bits per heavy atom. The van der Waals surface area contributed by atoms with Crippen molar-refractivity contribution in [2.24, 2.45) is 5.92 Å². The minimum Gasteiger partial charge on any atom is -0.326 e. The van der Waals surface area contributed by atoms with Gasteiger partial charge in [0.15, 0.2) is 11.6 Å². The van der Waals surface area contributed by atoms with E-state index in [1.807, 2.05) is 0 Å². The predicted molar refractivity (Wildman–Crippen MR) is 73.9 cm³/mol. The quantitative estimate of drug-likeness (QED) is 0.827. The Labute approximate surface area is 125 Å². The molecule has 1 aromatic carbocycles. The van der Waals surface area contributed by atoms with Crippen LogP contribution in [0, 0.1) is 17.6 Å². The number of anilines is 1. The number of halogens is 2. The van der Waals surface area contributed by atoms with Gasteiger partial charge < -0.3 is 10.6 Å². The van der Waals surface area contributed by atoms with Gasteiger partial charge >= 0.3 is 6.03 Å². The number of nitrogens with one attached hydrogen (secondary N) is 2. The number of benzene rings is 1. The highest BCUT2D eigenvalue weighted by Gasteiger charge is 2.40. The van der Waals surface area contributed by atoms with Crippen molar-refractivity contribution in [3.63, 3.8) is 0 Å². The number of rotatable bonds is 4. The first-order valence-electron chi connectivity index (χ1n) is 6.66. The highest BCUT2D eigenvalue weighted by molar-refractivity contribution is 6.08. The highest BCUT2D eigenvalue weighted by atomic mass is 19.2. The molecule has 0 unspecified atom stereocenters. The molecule has 1 aromatic rings. The molecule has 0 spiro atoms. The molecule has 2 rings (SSSR count). The molecule has 0 saturated carbocycles. The largest absolute Gasteiger partial charge is 0.326 e. The average molecular weight is 311 g/mol. The van der Waals surface area contributed by atoms with Gasteiger partial charge in [0.05, 0.1) is 0 Å². The smallest absolute Gasteiger partial charge is 0.325 e. The minimum absolute atomic E-state index is 0.0383. The van der Waals surface area contributed by atoms with E-state index >= 15 is 0 Å². The second-order valence-corrected chi connectivity index (χ2v) is 5.27. The summed E-state index contributed by atoms with van der Waals surface area (Å²) in [5.74, 6) is -3.41. The van der Waals surface area contributed by atoms with Gasteiger partial charge in [-0.25, -0.2) is 13.6 Å². The van der Waals surface area contributed by atoms with Crippen LogP contribution in [0.3, 0.4) is 0 Å². The third-order valence-electron chi connectivity index (χ3n) is 3.23. The fourth-order valence-electron chi connectivity index (χ4n) is 2.06. The summed E-state index contributed by atoms with van der Waals surface area (Å²) in [6.45, 7) is 3.05. The first-order valence-corrected chi connectivity index (χ1v) is 6.66. The van der Waals surface area contributed by atoms with E-state index in [0.29, 0.717) is 0 Å².